The summed E-state index contributed by atoms with van der Waals surface area (Å²) in [5.41, 5.74) is 7.37. The zero-order valence-corrected chi connectivity index (χ0v) is 8.16. The maximum absolute atomic E-state index is 5.50. The van der Waals surface area contributed by atoms with Gasteiger partial charge in [-0.05, 0) is 18.6 Å². The first-order valence-corrected chi connectivity index (χ1v) is 4.50. The van der Waals surface area contributed by atoms with Gasteiger partial charge in [-0.25, -0.2) is 0 Å². The number of hydrogen-bond acceptors (Lipinski definition) is 3. The first kappa shape index (κ1) is 10.2. The topological polar surface area (TPSA) is 48.1 Å². The Balaban J connectivity index is 2.86. The maximum Gasteiger partial charge on any atom is 0.0988 e. The van der Waals surface area contributed by atoms with E-state index in [1.54, 1.807) is 7.11 Å². The van der Waals surface area contributed by atoms with Crippen LogP contribution in [-0.4, -0.2) is 12.1 Å². The van der Waals surface area contributed by atoms with Crippen molar-refractivity contribution in [1.82, 2.24) is 4.98 Å². The molecule has 0 radical (unpaired) electrons. The van der Waals surface area contributed by atoms with Gasteiger partial charge in [-0.15, -0.1) is 0 Å². The number of ether oxygens (including phenoxy) is 1. The fourth-order valence-electron chi connectivity index (χ4n) is 1.29. The van der Waals surface area contributed by atoms with E-state index in [0.29, 0.717) is 6.54 Å². The molecule has 0 spiro atoms. The van der Waals surface area contributed by atoms with Crippen LogP contribution in [0, 0.1) is 0 Å². The first-order valence-electron chi connectivity index (χ1n) is 4.50. The lowest BCUT2D eigenvalue weighted by molar-refractivity contribution is 0.0963. The van der Waals surface area contributed by atoms with Crippen molar-refractivity contribution in [2.24, 2.45) is 5.73 Å². The lowest BCUT2D eigenvalue weighted by Gasteiger charge is -2.12. The predicted molar refractivity (Wildman–Crippen MR) is 52.2 cm³/mol. The number of pyridine rings is 1. The van der Waals surface area contributed by atoms with Crippen LogP contribution in [0.25, 0.3) is 0 Å². The number of methoxy groups -OCH3 is 1. The van der Waals surface area contributed by atoms with E-state index in [1.165, 1.54) is 0 Å². The van der Waals surface area contributed by atoms with E-state index < -0.39 is 0 Å². The number of hydrogen-bond donors (Lipinski definition) is 1. The van der Waals surface area contributed by atoms with E-state index >= 15 is 0 Å². The Morgan fingerprint density at radius 3 is 2.85 bits per heavy atom. The fraction of sp³-hybridized carbons (Fsp3) is 0.500. The molecule has 1 aromatic heterocycles. The summed E-state index contributed by atoms with van der Waals surface area (Å²) >= 11 is 0. The van der Waals surface area contributed by atoms with Crippen molar-refractivity contribution in [2.75, 3.05) is 7.11 Å². The predicted octanol–water partition coefficient (Wildman–Crippen LogP) is 1.64. The Morgan fingerprint density at radius 1 is 1.54 bits per heavy atom. The Hall–Kier alpha value is -0.930. The average Bonchev–Trinajstić information content (AvgIpc) is 2.20. The minimum atomic E-state index is 0.0894. The highest BCUT2D eigenvalue weighted by Gasteiger charge is 2.08. The van der Waals surface area contributed by atoms with E-state index in [2.05, 4.69) is 11.9 Å². The Labute approximate surface area is 78.9 Å². The van der Waals surface area contributed by atoms with Gasteiger partial charge in [0, 0.05) is 13.7 Å². The summed E-state index contributed by atoms with van der Waals surface area (Å²) in [4.78, 5) is 4.38. The second-order valence-electron chi connectivity index (χ2n) is 2.89. The lowest BCUT2D eigenvalue weighted by Crippen LogP contribution is -2.06. The van der Waals surface area contributed by atoms with Gasteiger partial charge < -0.3 is 10.5 Å². The SMILES string of the molecule is CCC(OC)c1cccc(CN)n1. The Morgan fingerprint density at radius 2 is 2.31 bits per heavy atom. The summed E-state index contributed by atoms with van der Waals surface area (Å²) in [7, 11) is 1.70. The average molecular weight is 180 g/mol. The van der Waals surface area contributed by atoms with Gasteiger partial charge in [0.1, 0.15) is 0 Å². The minimum Gasteiger partial charge on any atom is -0.375 e. The van der Waals surface area contributed by atoms with E-state index in [1.807, 2.05) is 18.2 Å². The maximum atomic E-state index is 5.50. The van der Waals surface area contributed by atoms with Gasteiger partial charge in [0.05, 0.1) is 17.5 Å². The first-order chi connectivity index (χ1) is 6.31. The van der Waals surface area contributed by atoms with Gasteiger partial charge in [-0.2, -0.15) is 0 Å². The molecule has 0 aliphatic rings. The molecular weight excluding hydrogens is 164 g/mol. The van der Waals surface area contributed by atoms with Crippen LogP contribution >= 0.6 is 0 Å². The molecule has 1 aromatic rings. The third-order valence-corrected chi connectivity index (χ3v) is 2.02. The summed E-state index contributed by atoms with van der Waals surface area (Å²) in [5, 5.41) is 0. The van der Waals surface area contributed by atoms with Crippen molar-refractivity contribution in [3.8, 4) is 0 Å². The van der Waals surface area contributed by atoms with Gasteiger partial charge in [0.2, 0.25) is 0 Å². The van der Waals surface area contributed by atoms with Crippen molar-refractivity contribution in [1.29, 1.82) is 0 Å². The molecule has 1 rings (SSSR count). The van der Waals surface area contributed by atoms with Gasteiger partial charge in [0.25, 0.3) is 0 Å². The zero-order valence-electron chi connectivity index (χ0n) is 8.16. The molecule has 0 saturated heterocycles. The van der Waals surface area contributed by atoms with Crippen molar-refractivity contribution < 1.29 is 4.74 Å². The van der Waals surface area contributed by atoms with Crippen molar-refractivity contribution in [2.45, 2.75) is 26.0 Å². The van der Waals surface area contributed by atoms with Crippen LogP contribution in [0.3, 0.4) is 0 Å². The third-order valence-electron chi connectivity index (χ3n) is 2.02. The standard InChI is InChI=1S/C10H16N2O/c1-3-10(13-2)9-6-4-5-8(7-11)12-9/h4-6,10H,3,7,11H2,1-2H3. The number of nitrogens with zero attached hydrogens (tertiary/aromatic N) is 1. The Kier molecular flexibility index (Phi) is 3.86. The fourth-order valence-corrected chi connectivity index (χ4v) is 1.29. The molecule has 13 heavy (non-hydrogen) atoms. The van der Waals surface area contributed by atoms with Crippen LogP contribution in [0.2, 0.25) is 0 Å². The molecule has 0 saturated carbocycles. The lowest BCUT2D eigenvalue weighted by atomic mass is 10.1. The van der Waals surface area contributed by atoms with Crippen LogP contribution < -0.4 is 5.73 Å². The number of aromatic nitrogens is 1. The number of rotatable bonds is 4. The van der Waals surface area contributed by atoms with Crippen LogP contribution in [0.1, 0.15) is 30.8 Å². The molecule has 0 aliphatic carbocycles. The minimum absolute atomic E-state index is 0.0894. The molecule has 72 valence electrons. The molecule has 0 aromatic carbocycles. The summed E-state index contributed by atoms with van der Waals surface area (Å²) in [6.45, 7) is 2.55. The largest absolute Gasteiger partial charge is 0.375 e. The second-order valence-corrected chi connectivity index (χ2v) is 2.89. The van der Waals surface area contributed by atoms with Gasteiger partial charge in [0.15, 0.2) is 0 Å². The summed E-state index contributed by atoms with van der Waals surface area (Å²) in [5.74, 6) is 0. The summed E-state index contributed by atoms with van der Waals surface area (Å²) in [6, 6.07) is 5.86. The normalized spacial score (nSPS) is 12.8. The highest BCUT2D eigenvalue weighted by molar-refractivity contribution is 5.13. The molecule has 3 nitrogen and oxygen atoms in total. The van der Waals surface area contributed by atoms with Gasteiger partial charge in [-0.3, -0.25) is 4.98 Å². The summed E-state index contributed by atoms with van der Waals surface area (Å²) in [6.07, 6.45) is 1.02. The molecule has 2 N–H and O–H groups in total. The van der Waals surface area contributed by atoms with Gasteiger partial charge in [-0.1, -0.05) is 13.0 Å². The molecule has 0 aliphatic heterocycles. The molecule has 3 heteroatoms. The van der Waals surface area contributed by atoms with Crippen molar-refractivity contribution in [3.63, 3.8) is 0 Å². The quantitative estimate of drug-likeness (QED) is 0.766. The highest BCUT2D eigenvalue weighted by atomic mass is 16.5. The molecule has 0 fully saturated rings. The van der Waals surface area contributed by atoms with E-state index in [-0.39, 0.29) is 6.10 Å². The van der Waals surface area contributed by atoms with E-state index in [4.69, 9.17) is 10.5 Å². The van der Waals surface area contributed by atoms with Gasteiger partial charge >= 0.3 is 0 Å². The molecular formula is C10H16N2O. The zero-order chi connectivity index (χ0) is 9.68. The molecule has 0 amide bonds. The van der Waals surface area contributed by atoms with Crippen molar-refractivity contribution in [3.05, 3.63) is 29.6 Å². The third kappa shape index (κ3) is 2.50. The van der Waals surface area contributed by atoms with Crippen LogP contribution in [0.15, 0.2) is 18.2 Å². The highest BCUT2D eigenvalue weighted by Crippen LogP contribution is 2.17. The second kappa shape index (κ2) is 4.94. The molecule has 1 unspecified atom stereocenters. The van der Waals surface area contributed by atoms with Crippen molar-refractivity contribution >= 4 is 0 Å². The monoisotopic (exact) mass is 180 g/mol. The molecule has 1 heterocycles. The van der Waals surface area contributed by atoms with Crippen LogP contribution in [0.4, 0.5) is 0 Å². The van der Waals surface area contributed by atoms with E-state index in [0.717, 1.165) is 17.8 Å². The van der Waals surface area contributed by atoms with Crippen LogP contribution in [-0.2, 0) is 11.3 Å². The smallest absolute Gasteiger partial charge is 0.0988 e. The number of nitrogens with two attached hydrogens (primary N) is 1. The summed E-state index contributed by atoms with van der Waals surface area (Å²) < 4.78 is 5.28. The Bertz CT molecular complexity index is 259. The molecule has 0 bridgehead atoms. The van der Waals surface area contributed by atoms with Crippen LogP contribution in [0.5, 0.6) is 0 Å². The molecule has 1 atom stereocenters. The van der Waals surface area contributed by atoms with E-state index in [9.17, 15) is 0 Å².